The number of rotatable bonds is 8. The van der Waals surface area contributed by atoms with E-state index in [4.69, 9.17) is 15.0 Å². The van der Waals surface area contributed by atoms with E-state index >= 15 is 0 Å². The zero-order chi connectivity index (χ0) is 19.8. The molecule has 1 saturated heterocycles. The number of nitrogens with zero attached hydrogens (tertiary/aromatic N) is 6. The van der Waals surface area contributed by atoms with Gasteiger partial charge in [0.1, 0.15) is 11.5 Å². The van der Waals surface area contributed by atoms with Crippen molar-refractivity contribution in [1.29, 1.82) is 0 Å². The first-order valence-electron chi connectivity index (χ1n) is 10.9. The van der Waals surface area contributed by atoms with Gasteiger partial charge in [0.15, 0.2) is 5.82 Å². The third kappa shape index (κ3) is 4.54. The van der Waals surface area contributed by atoms with Gasteiger partial charge in [0, 0.05) is 24.8 Å². The maximum atomic E-state index is 4.81. The molecule has 3 fully saturated rings. The van der Waals surface area contributed by atoms with Gasteiger partial charge in [-0.15, -0.1) is 0 Å². The molecule has 7 heteroatoms. The number of aromatic nitrogens is 4. The van der Waals surface area contributed by atoms with Crippen LogP contribution in [0.2, 0.25) is 0 Å². The zero-order valence-electron chi connectivity index (χ0n) is 17.3. The van der Waals surface area contributed by atoms with Crippen LogP contribution >= 0.6 is 0 Å². The van der Waals surface area contributed by atoms with Gasteiger partial charge >= 0.3 is 0 Å². The molecule has 2 aliphatic carbocycles. The maximum absolute atomic E-state index is 4.81. The van der Waals surface area contributed by atoms with Gasteiger partial charge < -0.3 is 10.2 Å². The number of hydrogen-bond acceptors (Lipinski definition) is 7. The molecule has 29 heavy (non-hydrogen) atoms. The molecule has 0 amide bonds. The fraction of sp³-hybridized carbons (Fsp3) is 0.591. The fourth-order valence-corrected chi connectivity index (χ4v) is 3.75. The third-order valence-corrected chi connectivity index (χ3v) is 5.97. The molecule has 3 aliphatic rings. The van der Waals surface area contributed by atoms with Crippen LogP contribution in [0, 0.1) is 11.8 Å². The summed E-state index contributed by atoms with van der Waals surface area (Å²) in [6, 6.07) is 6.38. The standard InChI is InChI=1S/C22H29N7/c1-14(13-16-7-8-16)23-21-26-20(27-22(28-21)24-15(2)17-9-10-17)18-5-3-6-19(25-18)29-11-4-12-29/h3,5-6,14,16-17H,4,7-13H2,1-2H3,(H,23,26,27,28)/t14-/m1/s1. The van der Waals surface area contributed by atoms with E-state index in [1.165, 1.54) is 32.1 Å². The molecule has 2 aromatic heterocycles. The highest BCUT2D eigenvalue weighted by Crippen LogP contribution is 2.34. The highest BCUT2D eigenvalue weighted by Gasteiger charge is 2.26. The van der Waals surface area contributed by atoms with Crippen LogP contribution in [0.4, 0.5) is 17.7 Å². The van der Waals surface area contributed by atoms with Crippen LogP contribution in [0.1, 0.15) is 52.4 Å². The van der Waals surface area contributed by atoms with Crippen molar-refractivity contribution >= 4 is 23.4 Å². The van der Waals surface area contributed by atoms with E-state index in [1.54, 1.807) is 0 Å². The molecule has 5 rings (SSSR count). The second-order valence-corrected chi connectivity index (χ2v) is 8.76. The molecule has 1 N–H and O–H groups in total. The van der Waals surface area contributed by atoms with Gasteiger partial charge in [-0.2, -0.15) is 15.0 Å². The normalized spacial score (nSPS) is 20.3. The van der Waals surface area contributed by atoms with Crippen molar-refractivity contribution in [3.05, 3.63) is 18.2 Å². The lowest BCUT2D eigenvalue weighted by Gasteiger charge is -2.32. The molecule has 2 saturated carbocycles. The number of hydrogen-bond donors (Lipinski definition) is 1. The van der Waals surface area contributed by atoms with Crippen LogP contribution in [0.25, 0.3) is 11.5 Å². The molecule has 1 atom stereocenters. The predicted octanol–water partition coefficient (Wildman–Crippen LogP) is 4.25. The van der Waals surface area contributed by atoms with Gasteiger partial charge in [0.2, 0.25) is 5.95 Å². The summed E-state index contributed by atoms with van der Waals surface area (Å²) in [5.74, 6) is 4.10. The quantitative estimate of drug-likeness (QED) is 0.678. The molecule has 0 radical (unpaired) electrons. The maximum Gasteiger partial charge on any atom is 0.254 e. The largest absolute Gasteiger partial charge is 0.356 e. The van der Waals surface area contributed by atoms with Gasteiger partial charge in [0.05, 0.1) is 0 Å². The van der Waals surface area contributed by atoms with Crippen molar-refractivity contribution in [2.24, 2.45) is 16.8 Å². The van der Waals surface area contributed by atoms with Crippen LogP contribution in [0.15, 0.2) is 23.2 Å². The molecule has 7 nitrogen and oxygen atoms in total. The summed E-state index contributed by atoms with van der Waals surface area (Å²) in [7, 11) is 0. The Labute approximate surface area is 172 Å². The Morgan fingerprint density at radius 3 is 2.66 bits per heavy atom. The molecule has 0 aromatic carbocycles. The Morgan fingerprint density at radius 2 is 1.97 bits per heavy atom. The minimum atomic E-state index is 0.333. The lowest BCUT2D eigenvalue weighted by molar-refractivity contribution is 0.610. The van der Waals surface area contributed by atoms with Crippen molar-refractivity contribution in [2.45, 2.75) is 58.4 Å². The van der Waals surface area contributed by atoms with Crippen molar-refractivity contribution < 1.29 is 0 Å². The number of aliphatic imine (C=N–C) groups is 1. The summed E-state index contributed by atoms with van der Waals surface area (Å²) in [6.07, 6.45) is 7.51. The smallest absolute Gasteiger partial charge is 0.254 e. The lowest BCUT2D eigenvalue weighted by atomic mass is 10.2. The van der Waals surface area contributed by atoms with Gasteiger partial charge in [-0.1, -0.05) is 18.9 Å². The predicted molar refractivity (Wildman–Crippen MR) is 116 cm³/mol. The molecular weight excluding hydrogens is 362 g/mol. The Morgan fingerprint density at radius 1 is 1.14 bits per heavy atom. The fourth-order valence-electron chi connectivity index (χ4n) is 3.75. The van der Waals surface area contributed by atoms with E-state index in [9.17, 15) is 0 Å². The van der Waals surface area contributed by atoms with Crippen LogP contribution < -0.4 is 10.2 Å². The van der Waals surface area contributed by atoms with Gasteiger partial charge in [0.25, 0.3) is 5.95 Å². The molecular formula is C22H29N7. The summed E-state index contributed by atoms with van der Waals surface area (Å²) >= 11 is 0. The molecule has 0 spiro atoms. The molecule has 152 valence electrons. The van der Waals surface area contributed by atoms with Crippen molar-refractivity contribution in [3.63, 3.8) is 0 Å². The first-order valence-corrected chi connectivity index (χ1v) is 10.9. The first kappa shape index (κ1) is 18.5. The monoisotopic (exact) mass is 391 g/mol. The van der Waals surface area contributed by atoms with Gasteiger partial charge in [-0.25, -0.2) is 9.98 Å². The summed E-state index contributed by atoms with van der Waals surface area (Å²) < 4.78 is 0. The summed E-state index contributed by atoms with van der Waals surface area (Å²) in [5.41, 5.74) is 1.89. The SMILES string of the molecule is CC(=Nc1nc(N[C@H](C)CC2CC2)nc(-c2cccc(N3CCC3)n2)n1)C1CC1. The van der Waals surface area contributed by atoms with E-state index in [0.717, 1.165) is 42.7 Å². The van der Waals surface area contributed by atoms with E-state index in [2.05, 4.69) is 40.1 Å². The highest BCUT2D eigenvalue weighted by atomic mass is 15.2. The Kier molecular flexibility index (Phi) is 4.89. The topological polar surface area (TPSA) is 79.2 Å². The molecule has 2 aromatic rings. The van der Waals surface area contributed by atoms with Crippen molar-refractivity contribution in [1.82, 2.24) is 19.9 Å². The van der Waals surface area contributed by atoms with Crippen LogP contribution in [0.3, 0.4) is 0 Å². The number of pyridine rings is 1. The van der Waals surface area contributed by atoms with Gasteiger partial charge in [-0.3, -0.25) is 0 Å². The molecule has 0 bridgehead atoms. The van der Waals surface area contributed by atoms with E-state index < -0.39 is 0 Å². The average Bonchev–Trinajstić information content (AvgIpc) is 3.54. The van der Waals surface area contributed by atoms with Crippen LogP contribution in [0.5, 0.6) is 0 Å². The average molecular weight is 392 g/mol. The van der Waals surface area contributed by atoms with Crippen LogP contribution in [-0.4, -0.2) is 44.8 Å². The summed E-state index contributed by atoms with van der Waals surface area (Å²) in [4.78, 5) is 25.7. The Balaban J connectivity index is 1.45. The zero-order valence-corrected chi connectivity index (χ0v) is 17.3. The van der Waals surface area contributed by atoms with E-state index in [0.29, 0.717) is 29.7 Å². The Hall–Kier alpha value is -2.57. The number of anilines is 2. The molecule has 1 aliphatic heterocycles. The minimum Gasteiger partial charge on any atom is -0.356 e. The van der Waals surface area contributed by atoms with Gasteiger partial charge in [-0.05, 0) is 63.5 Å². The van der Waals surface area contributed by atoms with Crippen molar-refractivity contribution in [3.8, 4) is 11.5 Å². The van der Waals surface area contributed by atoms with E-state index in [-0.39, 0.29) is 0 Å². The number of nitrogens with one attached hydrogen (secondary N) is 1. The second-order valence-electron chi connectivity index (χ2n) is 8.76. The molecule has 3 heterocycles. The first-order chi connectivity index (χ1) is 14.1. The minimum absolute atomic E-state index is 0.333. The second kappa shape index (κ2) is 7.69. The Bertz CT molecular complexity index is 913. The lowest BCUT2D eigenvalue weighted by Crippen LogP contribution is -2.37. The summed E-state index contributed by atoms with van der Waals surface area (Å²) in [5, 5.41) is 3.47. The highest BCUT2D eigenvalue weighted by molar-refractivity contribution is 5.88. The van der Waals surface area contributed by atoms with Crippen molar-refractivity contribution in [2.75, 3.05) is 23.3 Å². The van der Waals surface area contributed by atoms with Crippen LogP contribution in [-0.2, 0) is 0 Å². The third-order valence-electron chi connectivity index (χ3n) is 5.97. The van der Waals surface area contributed by atoms with E-state index in [1.807, 2.05) is 12.1 Å². The molecule has 0 unspecified atom stereocenters. The summed E-state index contributed by atoms with van der Waals surface area (Å²) in [6.45, 7) is 6.40.